The molecular formula is C5H15Ge2O. The van der Waals surface area contributed by atoms with Gasteiger partial charge in [-0.2, -0.15) is 0 Å². The van der Waals surface area contributed by atoms with Crippen LogP contribution in [0.4, 0.5) is 0 Å². The molecule has 1 nitrogen and oxygen atoms in total. The van der Waals surface area contributed by atoms with Gasteiger partial charge in [0.15, 0.2) is 0 Å². The van der Waals surface area contributed by atoms with Crippen LogP contribution in [0.15, 0.2) is 0 Å². The Morgan fingerprint density at radius 1 is 1.25 bits per heavy atom. The second-order valence-corrected chi connectivity index (χ2v) is 8.38. The molecule has 0 unspecified atom stereocenters. The molecule has 0 atom stereocenters. The summed E-state index contributed by atoms with van der Waals surface area (Å²) >= 11 is -0.356. The van der Waals surface area contributed by atoms with Gasteiger partial charge in [-0.05, 0) is 0 Å². The Morgan fingerprint density at radius 3 is 1.38 bits per heavy atom. The third kappa shape index (κ3) is 27.8. The number of hydrogen-bond acceptors (Lipinski definition) is 1. The Morgan fingerprint density at radius 2 is 1.38 bits per heavy atom. The van der Waals surface area contributed by atoms with Crippen molar-refractivity contribution in [1.29, 1.82) is 0 Å². The zero-order chi connectivity index (χ0) is 6.99. The van der Waals surface area contributed by atoms with E-state index >= 15 is 0 Å². The van der Waals surface area contributed by atoms with Gasteiger partial charge in [-0.15, -0.1) is 0 Å². The third-order valence-electron chi connectivity index (χ3n) is 0.408. The molecule has 3 radical (unpaired) electrons. The van der Waals surface area contributed by atoms with Crippen LogP contribution in [0.3, 0.4) is 0 Å². The second-order valence-electron chi connectivity index (χ2n) is 1.61. The van der Waals surface area contributed by atoms with Crippen molar-refractivity contribution in [2.45, 2.75) is 23.0 Å². The molecule has 0 rings (SSSR count). The molecule has 0 aliphatic rings. The van der Waals surface area contributed by atoms with Gasteiger partial charge in [0.25, 0.3) is 0 Å². The van der Waals surface area contributed by atoms with Crippen LogP contribution < -0.4 is 0 Å². The average molecular weight is 236 g/mol. The predicted molar refractivity (Wildman–Crippen MR) is 42.0 cm³/mol. The van der Waals surface area contributed by atoms with E-state index in [1.54, 1.807) is 7.11 Å². The van der Waals surface area contributed by atoms with Crippen LogP contribution in [0.5, 0.6) is 0 Å². The van der Waals surface area contributed by atoms with Crippen molar-refractivity contribution in [3.8, 4) is 0 Å². The standard InChI is InChI=1S/C3H9GeO.C2H6Ge/c1-4(2)5-3;1-3-2/h1-3H3;1-2H3. The molecule has 0 fully saturated rings. The van der Waals surface area contributed by atoms with Crippen LogP contribution in [0.1, 0.15) is 0 Å². The van der Waals surface area contributed by atoms with E-state index in [1.807, 2.05) is 0 Å². The van der Waals surface area contributed by atoms with Crippen molar-refractivity contribution < 1.29 is 3.76 Å². The molecule has 0 aromatic carbocycles. The number of hydrogen-bond donors (Lipinski definition) is 0. The minimum absolute atomic E-state index is 0.500. The molecule has 0 N–H and O–H groups in total. The van der Waals surface area contributed by atoms with Gasteiger partial charge in [0.05, 0.1) is 0 Å². The molecule has 0 aliphatic carbocycles. The molecule has 0 bridgehead atoms. The van der Waals surface area contributed by atoms with Crippen LogP contribution in [-0.4, -0.2) is 37.2 Å². The molecule has 8 heavy (non-hydrogen) atoms. The summed E-state index contributed by atoms with van der Waals surface area (Å²) in [6.45, 7) is 0. The molecule has 0 amide bonds. The van der Waals surface area contributed by atoms with E-state index in [4.69, 9.17) is 3.76 Å². The van der Waals surface area contributed by atoms with E-state index < -0.39 is 14.7 Å². The first-order valence-corrected chi connectivity index (χ1v) is 11.9. The van der Waals surface area contributed by atoms with Crippen molar-refractivity contribution >= 4 is 30.1 Å². The molecule has 0 saturated carbocycles. The summed E-state index contributed by atoms with van der Waals surface area (Å²) in [6.07, 6.45) is 0. The van der Waals surface area contributed by atoms with Gasteiger partial charge in [-0.3, -0.25) is 0 Å². The SMILES string of the molecule is C[O][Ge]([CH3])[CH3].[CH3][Ge][CH3]. The van der Waals surface area contributed by atoms with Crippen LogP contribution in [-0.2, 0) is 3.76 Å². The second kappa shape index (κ2) is 10.9. The Balaban J connectivity index is 0. The fourth-order valence-electron chi connectivity index (χ4n) is 0. The molecular weight excluding hydrogens is 221 g/mol. The molecule has 0 spiro atoms. The topological polar surface area (TPSA) is 9.23 Å². The normalized spacial score (nSPS) is 8.25. The van der Waals surface area contributed by atoms with Crippen molar-refractivity contribution in [3.05, 3.63) is 0 Å². The summed E-state index contributed by atoms with van der Waals surface area (Å²) in [5.74, 6) is 8.83. The monoisotopic (exact) mass is 239 g/mol. The maximum atomic E-state index is 4.92. The zero-order valence-electron chi connectivity index (χ0n) is 6.41. The van der Waals surface area contributed by atoms with Crippen LogP contribution in [0, 0.1) is 0 Å². The Kier molecular flexibility index (Phi) is 16.1. The van der Waals surface area contributed by atoms with E-state index in [2.05, 4.69) is 23.0 Å². The summed E-state index contributed by atoms with van der Waals surface area (Å²) in [6, 6.07) is 0. The quantitative estimate of drug-likeness (QED) is 0.629. The summed E-state index contributed by atoms with van der Waals surface area (Å²) in [4.78, 5) is 0. The summed E-state index contributed by atoms with van der Waals surface area (Å²) in [5, 5.41) is 0. The van der Waals surface area contributed by atoms with E-state index in [-0.39, 0.29) is 0 Å². The molecule has 49 valence electrons. The molecule has 0 aliphatic heterocycles. The van der Waals surface area contributed by atoms with E-state index in [0.29, 0.717) is 15.4 Å². The fourth-order valence-corrected chi connectivity index (χ4v) is 0. The average Bonchev–Trinajstić information content (AvgIpc) is 1.69. The van der Waals surface area contributed by atoms with Crippen LogP contribution >= 0.6 is 0 Å². The van der Waals surface area contributed by atoms with Gasteiger partial charge in [-0.1, -0.05) is 0 Å². The Labute approximate surface area is 64.1 Å². The first kappa shape index (κ1) is 11.8. The van der Waals surface area contributed by atoms with Gasteiger partial charge < -0.3 is 0 Å². The van der Waals surface area contributed by atoms with Gasteiger partial charge in [-0.25, -0.2) is 0 Å². The summed E-state index contributed by atoms with van der Waals surface area (Å²) in [5.41, 5.74) is 0. The molecule has 0 heterocycles. The summed E-state index contributed by atoms with van der Waals surface area (Å²) < 4.78 is 4.92. The Hall–Kier alpha value is 1.05. The van der Waals surface area contributed by atoms with Crippen molar-refractivity contribution in [2.75, 3.05) is 7.11 Å². The van der Waals surface area contributed by atoms with E-state index in [1.165, 1.54) is 0 Å². The van der Waals surface area contributed by atoms with Crippen LogP contribution in [0.25, 0.3) is 0 Å². The zero-order valence-corrected chi connectivity index (χ0v) is 10.6. The molecule has 0 aromatic heterocycles. The fraction of sp³-hybridized carbons (Fsp3) is 1.00. The van der Waals surface area contributed by atoms with Crippen molar-refractivity contribution in [1.82, 2.24) is 0 Å². The number of rotatable bonds is 1. The molecule has 3 heteroatoms. The van der Waals surface area contributed by atoms with E-state index in [9.17, 15) is 0 Å². The first-order valence-electron chi connectivity index (χ1n) is 2.61. The van der Waals surface area contributed by atoms with Gasteiger partial charge in [0.1, 0.15) is 0 Å². The Bertz CT molecular complexity index is 31.6. The van der Waals surface area contributed by atoms with Crippen molar-refractivity contribution in [2.24, 2.45) is 0 Å². The summed E-state index contributed by atoms with van der Waals surface area (Å²) in [7, 11) is 1.77. The predicted octanol–water partition coefficient (Wildman–Crippen LogP) is 1.67. The molecule has 0 saturated heterocycles. The third-order valence-corrected chi connectivity index (χ3v) is 2.12. The van der Waals surface area contributed by atoms with Gasteiger partial charge in [0.2, 0.25) is 0 Å². The first-order chi connectivity index (χ1) is 3.68. The van der Waals surface area contributed by atoms with Gasteiger partial charge >= 0.3 is 64.0 Å². The van der Waals surface area contributed by atoms with Crippen molar-refractivity contribution in [3.63, 3.8) is 0 Å². The minimum atomic E-state index is -0.856. The maximum absolute atomic E-state index is 4.92. The van der Waals surface area contributed by atoms with E-state index in [0.717, 1.165) is 0 Å². The molecule has 0 aromatic rings. The van der Waals surface area contributed by atoms with Gasteiger partial charge in [0, 0.05) is 0 Å². The van der Waals surface area contributed by atoms with Crippen LogP contribution in [0.2, 0.25) is 23.0 Å².